The van der Waals surface area contributed by atoms with E-state index >= 15 is 0 Å². The van der Waals surface area contributed by atoms with E-state index < -0.39 is 0 Å². The number of hydrogen-bond donors (Lipinski definition) is 1. The zero-order valence-corrected chi connectivity index (χ0v) is 13.6. The van der Waals surface area contributed by atoms with Crippen molar-refractivity contribution in [3.63, 3.8) is 0 Å². The molecule has 0 amide bonds. The minimum absolute atomic E-state index is 0.528. The Morgan fingerprint density at radius 3 is 2.74 bits per heavy atom. The molecule has 3 heteroatoms. The SMILES string of the molecule is CCCNCC(Cc1cccs1)c1ccccc1Br. The summed E-state index contributed by atoms with van der Waals surface area (Å²) in [6, 6.07) is 12.9. The number of halogens is 1. The quantitative estimate of drug-likeness (QED) is 0.713. The lowest BCUT2D eigenvalue weighted by atomic mass is 9.95. The van der Waals surface area contributed by atoms with Crippen molar-refractivity contribution in [2.45, 2.75) is 25.7 Å². The van der Waals surface area contributed by atoms with E-state index in [4.69, 9.17) is 0 Å². The van der Waals surface area contributed by atoms with Crippen molar-refractivity contribution in [1.82, 2.24) is 5.32 Å². The molecule has 2 rings (SSSR count). The molecule has 1 atom stereocenters. The van der Waals surface area contributed by atoms with E-state index in [0.29, 0.717) is 5.92 Å². The normalized spacial score (nSPS) is 12.5. The standard InChI is InChI=1S/C16H20BrNS/c1-2-9-18-12-13(11-14-6-5-10-19-14)15-7-3-4-8-16(15)17/h3-8,10,13,18H,2,9,11-12H2,1H3. The van der Waals surface area contributed by atoms with Gasteiger partial charge in [0.1, 0.15) is 0 Å². The molecule has 1 aromatic heterocycles. The molecule has 1 N–H and O–H groups in total. The second kappa shape index (κ2) is 7.83. The van der Waals surface area contributed by atoms with Gasteiger partial charge in [0, 0.05) is 21.8 Å². The average Bonchev–Trinajstić information content (AvgIpc) is 2.91. The van der Waals surface area contributed by atoms with Gasteiger partial charge in [-0.1, -0.05) is 47.1 Å². The summed E-state index contributed by atoms with van der Waals surface area (Å²) in [5.41, 5.74) is 1.40. The summed E-state index contributed by atoms with van der Waals surface area (Å²) in [6.07, 6.45) is 2.29. The van der Waals surface area contributed by atoms with Crippen LogP contribution in [0.1, 0.15) is 29.7 Å². The number of nitrogens with one attached hydrogen (secondary N) is 1. The molecule has 0 saturated heterocycles. The first-order valence-electron chi connectivity index (χ1n) is 6.78. The third-order valence-corrected chi connectivity index (χ3v) is 4.81. The van der Waals surface area contributed by atoms with Crippen LogP contribution in [0.4, 0.5) is 0 Å². The van der Waals surface area contributed by atoms with Crippen molar-refractivity contribution in [2.24, 2.45) is 0 Å². The molecule has 0 aliphatic carbocycles. The van der Waals surface area contributed by atoms with Gasteiger partial charge in [0.15, 0.2) is 0 Å². The molecule has 1 aromatic carbocycles. The van der Waals surface area contributed by atoms with E-state index in [0.717, 1.165) is 19.5 Å². The summed E-state index contributed by atoms with van der Waals surface area (Å²) in [7, 11) is 0. The second-order valence-electron chi connectivity index (χ2n) is 4.71. The van der Waals surface area contributed by atoms with Gasteiger partial charge < -0.3 is 5.32 Å². The maximum absolute atomic E-state index is 3.69. The monoisotopic (exact) mass is 337 g/mol. The van der Waals surface area contributed by atoms with Crippen LogP contribution in [-0.2, 0) is 6.42 Å². The first kappa shape index (κ1) is 14.8. The summed E-state index contributed by atoms with van der Waals surface area (Å²) >= 11 is 5.53. The molecule has 1 heterocycles. The number of hydrogen-bond acceptors (Lipinski definition) is 2. The molecule has 2 aromatic rings. The van der Waals surface area contributed by atoms with Crippen LogP contribution in [0, 0.1) is 0 Å². The smallest absolute Gasteiger partial charge is 0.0210 e. The topological polar surface area (TPSA) is 12.0 Å². The van der Waals surface area contributed by atoms with Gasteiger partial charge in [0.05, 0.1) is 0 Å². The van der Waals surface area contributed by atoms with E-state index in [2.05, 4.69) is 69.9 Å². The van der Waals surface area contributed by atoms with Crippen molar-refractivity contribution in [1.29, 1.82) is 0 Å². The van der Waals surface area contributed by atoms with Crippen LogP contribution in [0.15, 0.2) is 46.3 Å². The zero-order valence-electron chi connectivity index (χ0n) is 11.2. The van der Waals surface area contributed by atoms with Crippen LogP contribution in [0.2, 0.25) is 0 Å². The second-order valence-corrected chi connectivity index (χ2v) is 6.59. The van der Waals surface area contributed by atoms with Crippen molar-refractivity contribution in [3.8, 4) is 0 Å². The lowest BCUT2D eigenvalue weighted by molar-refractivity contribution is 0.578. The van der Waals surface area contributed by atoms with Gasteiger partial charge in [-0.15, -0.1) is 11.3 Å². The van der Waals surface area contributed by atoms with Gasteiger partial charge in [-0.3, -0.25) is 0 Å². The Bertz CT molecular complexity index is 481. The molecule has 19 heavy (non-hydrogen) atoms. The Labute approximate surface area is 128 Å². The molecule has 0 aliphatic heterocycles. The summed E-state index contributed by atoms with van der Waals surface area (Å²) in [4.78, 5) is 1.46. The molecule has 1 unspecified atom stereocenters. The molecular weight excluding hydrogens is 318 g/mol. The molecule has 0 spiro atoms. The van der Waals surface area contributed by atoms with Gasteiger partial charge in [0.25, 0.3) is 0 Å². The van der Waals surface area contributed by atoms with Crippen LogP contribution >= 0.6 is 27.3 Å². The summed E-state index contributed by atoms with van der Waals surface area (Å²) in [6.45, 7) is 4.33. The highest BCUT2D eigenvalue weighted by atomic mass is 79.9. The predicted molar refractivity (Wildman–Crippen MR) is 88.1 cm³/mol. The number of rotatable bonds is 7. The summed E-state index contributed by atoms with van der Waals surface area (Å²) < 4.78 is 1.22. The minimum atomic E-state index is 0.528. The third kappa shape index (κ3) is 4.44. The van der Waals surface area contributed by atoms with E-state index in [-0.39, 0.29) is 0 Å². The van der Waals surface area contributed by atoms with E-state index in [1.165, 1.54) is 21.3 Å². The summed E-state index contributed by atoms with van der Waals surface area (Å²) in [5, 5.41) is 5.72. The minimum Gasteiger partial charge on any atom is -0.316 e. The number of thiophene rings is 1. The lowest BCUT2D eigenvalue weighted by Gasteiger charge is -2.19. The van der Waals surface area contributed by atoms with Gasteiger partial charge >= 0.3 is 0 Å². The van der Waals surface area contributed by atoms with Gasteiger partial charge in [-0.2, -0.15) is 0 Å². The Kier molecular flexibility index (Phi) is 6.08. The van der Waals surface area contributed by atoms with Crippen molar-refractivity contribution < 1.29 is 0 Å². The fraction of sp³-hybridized carbons (Fsp3) is 0.375. The fourth-order valence-corrected chi connectivity index (χ4v) is 3.62. The molecule has 102 valence electrons. The average molecular weight is 338 g/mol. The molecule has 0 aliphatic rings. The highest BCUT2D eigenvalue weighted by Gasteiger charge is 2.15. The van der Waals surface area contributed by atoms with E-state index in [9.17, 15) is 0 Å². The van der Waals surface area contributed by atoms with Crippen molar-refractivity contribution in [2.75, 3.05) is 13.1 Å². The van der Waals surface area contributed by atoms with Crippen molar-refractivity contribution in [3.05, 3.63) is 56.7 Å². The van der Waals surface area contributed by atoms with Gasteiger partial charge in [0.2, 0.25) is 0 Å². The maximum atomic E-state index is 3.69. The highest BCUT2D eigenvalue weighted by Crippen LogP contribution is 2.28. The molecular formula is C16H20BrNS. The van der Waals surface area contributed by atoms with E-state index in [1.54, 1.807) is 0 Å². The van der Waals surface area contributed by atoms with Crippen LogP contribution < -0.4 is 5.32 Å². The fourth-order valence-electron chi connectivity index (χ4n) is 2.22. The van der Waals surface area contributed by atoms with E-state index in [1.807, 2.05) is 11.3 Å². The van der Waals surface area contributed by atoms with Crippen LogP contribution in [0.5, 0.6) is 0 Å². The predicted octanol–water partition coefficient (Wildman–Crippen LogP) is 4.84. The van der Waals surface area contributed by atoms with Crippen LogP contribution in [0.25, 0.3) is 0 Å². The van der Waals surface area contributed by atoms with Crippen LogP contribution in [-0.4, -0.2) is 13.1 Å². The summed E-state index contributed by atoms with van der Waals surface area (Å²) in [5.74, 6) is 0.528. The van der Waals surface area contributed by atoms with Crippen LogP contribution in [0.3, 0.4) is 0 Å². The molecule has 1 nitrogen and oxygen atoms in total. The van der Waals surface area contributed by atoms with Gasteiger partial charge in [-0.05, 0) is 42.5 Å². The Morgan fingerprint density at radius 1 is 1.21 bits per heavy atom. The maximum Gasteiger partial charge on any atom is 0.0210 e. The zero-order chi connectivity index (χ0) is 13.5. The number of benzene rings is 1. The first-order chi connectivity index (χ1) is 9.31. The molecule has 0 saturated carbocycles. The first-order valence-corrected chi connectivity index (χ1v) is 8.46. The Hall–Kier alpha value is -0.640. The largest absolute Gasteiger partial charge is 0.316 e. The Balaban J connectivity index is 2.11. The van der Waals surface area contributed by atoms with Crippen molar-refractivity contribution >= 4 is 27.3 Å². The third-order valence-electron chi connectivity index (χ3n) is 3.19. The lowest BCUT2D eigenvalue weighted by Crippen LogP contribution is -2.23. The molecule has 0 radical (unpaired) electrons. The highest BCUT2D eigenvalue weighted by molar-refractivity contribution is 9.10. The molecule has 0 fully saturated rings. The Morgan fingerprint density at radius 2 is 2.05 bits per heavy atom. The molecule has 0 bridgehead atoms. The van der Waals surface area contributed by atoms with Gasteiger partial charge in [-0.25, -0.2) is 0 Å².